The van der Waals surface area contributed by atoms with Crippen LogP contribution in [-0.2, 0) is 25.0 Å². The van der Waals surface area contributed by atoms with E-state index in [1.54, 1.807) is 24.3 Å². The molecule has 0 radical (unpaired) electrons. The van der Waals surface area contributed by atoms with E-state index in [-0.39, 0.29) is 29.3 Å². The summed E-state index contributed by atoms with van der Waals surface area (Å²) in [5.74, 6) is -6.17. The number of fused-ring (bicyclic) bond motifs is 2. The molecule has 10 heteroatoms. The molecule has 2 aromatic carbocycles. The zero-order chi connectivity index (χ0) is 24.7. The lowest BCUT2D eigenvalue weighted by Crippen LogP contribution is -2.50. The number of esters is 2. The van der Waals surface area contributed by atoms with Crippen molar-refractivity contribution < 1.29 is 33.7 Å². The number of carbonyl (C=O) groups is 2. The molecule has 2 N–H and O–H groups in total. The van der Waals surface area contributed by atoms with Crippen LogP contribution < -0.4 is 0 Å². The van der Waals surface area contributed by atoms with Crippen molar-refractivity contribution in [1.82, 2.24) is 15.1 Å². The van der Waals surface area contributed by atoms with Gasteiger partial charge in [0, 0.05) is 24.2 Å². The molecule has 1 aromatic heterocycles. The van der Waals surface area contributed by atoms with Crippen LogP contribution in [-0.4, -0.2) is 63.0 Å². The topological polar surface area (TPSA) is 122 Å². The van der Waals surface area contributed by atoms with Gasteiger partial charge in [-0.2, -0.15) is 10.2 Å². The molecule has 3 heterocycles. The number of hydrogen-bond acceptors (Lipinski definition) is 9. The van der Waals surface area contributed by atoms with E-state index in [2.05, 4.69) is 10.2 Å². The van der Waals surface area contributed by atoms with Crippen molar-refractivity contribution in [2.45, 2.75) is 30.5 Å². The van der Waals surface area contributed by atoms with Gasteiger partial charge in [-0.1, -0.05) is 36.4 Å². The summed E-state index contributed by atoms with van der Waals surface area (Å²) in [6.45, 7) is 0.223. The summed E-state index contributed by atoms with van der Waals surface area (Å²) in [5, 5.41) is 28.0. The normalized spacial score (nSPS) is 26.9. The second-order valence-corrected chi connectivity index (χ2v) is 8.49. The van der Waals surface area contributed by atoms with E-state index >= 15 is 4.39 Å². The van der Waals surface area contributed by atoms with E-state index in [1.807, 2.05) is 30.3 Å². The number of nitrogens with zero attached hydrogens (tertiary/aromatic N) is 3. The number of aliphatic hydroxyl groups is 2. The number of halogens is 1. The summed E-state index contributed by atoms with van der Waals surface area (Å²) in [5.41, 5.74) is 1.38. The number of benzene rings is 2. The van der Waals surface area contributed by atoms with Crippen LogP contribution in [0.4, 0.5) is 4.39 Å². The van der Waals surface area contributed by atoms with E-state index in [0.29, 0.717) is 12.0 Å². The minimum atomic E-state index is -2.37. The summed E-state index contributed by atoms with van der Waals surface area (Å²) in [4.78, 5) is 26.8. The molecule has 0 saturated carbocycles. The Bertz CT molecular complexity index is 1250. The van der Waals surface area contributed by atoms with Crippen molar-refractivity contribution in [2.75, 3.05) is 13.6 Å². The van der Waals surface area contributed by atoms with E-state index in [1.165, 1.54) is 18.1 Å². The Morgan fingerprint density at radius 1 is 1.00 bits per heavy atom. The SMILES string of the molecule is CN1CCC(c2ccccc2)c2ccc(-c3cccnn3)c(F)c2C12OC(=O)C(O)C(O)C(=O)O2. The molecule has 0 aliphatic carbocycles. The minimum Gasteiger partial charge on any atom is -0.402 e. The molecule has 3 aromatic rings. The smallest absolute Gasteiger partial charge is 0.352 e. The quantitative estimate of drug-likeness (QED) is 0.529. The molecular formula is C25H22FN3O6. The fourth-order valence-corrected chi connectivity index (χ4v) is 4.62. The summed E-state index contributed by atoms with van der Waals surface area (Å²) in [6.07, 6.45) is -2.45. The van der Waals surface area contributed by atoms with Crippen LogP contribution in [0, 0.1) is 5.82 Å². The van der Waals surface area contributed by atoms with Crippen LogP contribution in [0.25, 0.3) is 11.3 Å². The van der Waals surface area contributed by atoms with Crippen LogP contribution in [0.2, 0.25) is 0 Å². The average molecular weight is 479 g/mol. The van der Waals surface area contributed by atoms with Gasteiger partial charge in [-0.05, 0) is 42.8 Å². The molecule has 0 bridgehead atoms. The Labute approximate surface area is 199 Å². The fourth-order valence-electron chi connectivity index (χ4n) is 4.62. The van der Waals surface area contributed by atoms with Crippen molar-refractivity contribution >= 4 is 11.9 Å². The van der Waals surface area contributed by atoms with Gasteiger partial charge in [0.05, 0.1) is 11.3 Å². The van der Waals surface area contributed by atoms with Crippen molar-refractivity contribution in [3.8, 4) is 11.3 Å². The number of carbonyl (C=O) groups excluding carboxylic acids is 2. The molecule has 1 fully saturated rings. The van der Waals surface area contributed by atoms with E-state index in [9.17, 15) is 19.8 Å². The van der Waals surface area contributed by atoms with Gasteiger partial charge in [-0.3, -0.25) is 0 Å². The molecule has 1 saturated heterocycles. The zero-order valence-electron chi connectivity index (χ0n) is 18.7. The van der Waals surface area contributed by atoms with Gasteiger partial charge in [0.15, 0.2) is 12.2 Å². The van der Waals surface area contributed by atoms with E-state index < -0.39 is 35.9 Å². The monoisotopic (exact) mass is 479 g/mol. The molecule has 0 amide bonds. The maximum absolute atomic E-state index is 16.5. The lowest BCUT2D eigenvalue weighted by atomic mass is 9.84. The van der Waals surface area contributed by atoms with Crippen molar-refractivity contribution in [3.05, 3.63) is 83.3 Å². The average Bonchev–Trinajstić information content (AvgIpc) is 3.04. The second-order valence-electron chi connectivity index (χ2n) is 8.49. The lowest BCUT2D eigenvalue weighted by Gasteiger charge is -2.38. The van der Waals surface area contributed by atoms with Crippen molar-refractivity contribution in [2.24, 2.45) is 0 Å². The summed E-state index contributed by atoms with van der Waals surface area (Å²) in [7, 11) is 1.51. The van der Waals surface area contributed by atoms with Gasteiger partial charge in [-0.25, -0.2) is 18.9 Å². The predicted octanol–water partition coefficient (Wildman–Crippen LogP) is 1.68. The van der Waals surface area contributed by atoms with Gasteiger partial charge < -0.3 is 19.7 Å². The maximum Gasteiger partial charge on any atom is 0.352 e. The Balaban J connectivity index is 1.80. The Kier molecular flexibility index (Phi) is 5.79. The second kappa shape index (κ2) is 8.81. The van der Waals surface area contributed by atoms with Gasteiger partial charge in [0.2, 0.25) is 0 Å². The molecule has 180 valence electrons. The maximum atomic E-state index is 16.5. The summed E-state index contributed by atoms with van der Waals surface area (Å²) in [6, 6.07) is 15.8. The third-order valence-electron chi connectivity index (χ3n) is 6.43. The molecule has 5 rings (SSSR count). The third kappa shape index (κ3) is 3.75. The Morgan fingerprint density at radius 3 is 2.31 bits per heavy atom. The predicted molar refractivity (Wildman–Crippen MR) is 119 cm³/mol. The Morgan fingerprint density at radius 2 is 1.69 bits per heavy atom. The van der Waals surface area contributed by atoms with Gasteiger partial charge in [0.1, 0.15) is 5.82 Å². The first-order valence-electron chi connectivity index (χ1n) is 11.0. The highest BCUT2D eigenvalue weighted by atomic mass is 19.1. The van der Waals surface area contributed by atoms with Crippen molar-refractivity contribution in [1.29, 1.82) is 0 Å². The van der Waals surface area contributed by atoms with Crippen LogP contribution >= 0.6 is 0 Å². The standard InChI is InChI=1S/C25H22FN3O6/c1-29-13-11-15(14-6-3-2-4-7-14)16-9-10-17(18-8-5-12-27-28-18)20(26)19(16)25(29)34-23(32)21(30)22(31)24(33)35-25/h2-10,12,15,21-22,30-31H,11,13H2,1H3. The number of hydrogen-bond donors (Lipinski definition) is 2. The van der Waals surface area contributed by atoms with Gasteiger partial charge in [0.25, 0.3) is 0 Å². The minimum absolute atomic E-state index is 0.0516. The van der Waals surface area contributed by atoms with E-state index in [4.69, 9.17) is 9.47 Å². The molecule has 35 heavy (non-hydrogen) atoms. The first kappa shape index (κ1) is 23.0. The van der Waals surface area contributed by atoms with Gasteiger partial charge >= 0.3 is 17.8 Å². The first-order chi connectivity index (χ1) is 16.8. The summed E-state index contributed by atoms with van der Waals surface area (Å²) < 4.78 is 27.5. The van der Waals surface area contributed by atoms with Crippen LogP contribution in [0.5, 0.6) is 0 Å². The first-order valence-corrected chi connectivity index (χ1v) is 11.0. The van der Waals surface area contributed by atoms with E-state index in [0.717, 1.165) is 5.56 Å². The molecule has 2 aliphatic heterocycles. The molecule has 9 nitrogen and oxygen atoms in total. The number of rotatable bonds is 2. The molecule has 2 aliphatic rings. The van der Waals surface area contributed by atoms with Crippen molar-refractivity contribution in [3.63, 3.8) is 0 Å². The van der Waals surface area contributed by atoms with Crippen LogP contribution in [0.3, 0.4) is 0 Å². The number of ether oxygens (including phenoxy) is 2. The highest BCUT2D eigenvalue weighted by molar-refractivity contribution is 5.87. The molecule has 3 unspecified atom stereocenters. The molecular weight excluding hydrogens is 457 g/mol. The molecule has 3 atom stereocenters. The summed E-state index contributed by atoms with van der Waals surface area (Å²) >= 11 is 0. The fraction of sp³-hybridized carbons (Fsp3) is 0.280. The third-order valence-corrected chi connectivity index (χ3v) is 6.43. The number of aromatic nitrogens is 2. The van der Waals surface area contributed by atoms with Crippen LogP contribution in [0.15, 0.2) is 60.8 Å². The largest absolute Gasteiger partial charge is 0.402 e. The highest BCUT2D eigenvalue weighted by Gasteiger charge is 2.56. The number of aliphatic hydroxyl groups excluding tert-OH is 2. The highest BCUT2D eigenvalue weighted by Crippen LogP contribution is 2.47. The lowest BCUT2D eigenvalue weighted by molar-refractivity contribution is -0.289. The van der Waals surface area contributed by atoms with Gasteiger partial charge in [-0.15, -0.1) is 0 Å². The molecule has 1 spiro atoms. The zero-order valence-corrected chi connectivity index (χ0v) is 18.7. The Hall–Kier alpha value is -3.73. The van der Waals surface area contributed by atoms with Crippen LogP contribution in [0.1, 0.15) is 29.0 Å².